The average molecular weight is 391 g/mol. The van der Waals surface area contributed by atoms with Crippen LogP contribution in [0.4, 0.5) is 8.78 Å². The lowest BCUT2D eigenvalue weighted by Gasteiger charge is -2.34. The van der Waals surface area contributed by atoms with Gasteiger partial charge in [0.2, 0.25) is 0 Å². The predicted octanol–water partition coefficient (Wildman–Crippen LogP) is 3.70. The zero-order valence-corrected chi connectivity index (χ0v) is 16.5. The normalized spacial score (nSPS) is 18.9. The lowest BCUT2D eigenvalue weighted by Crippen LogP contribution is -2.43. The molecule has 0 aliphatic carbocycles. The van der Waals surface area contributed by atoms with Crippen LogP contribution in [-0.2, 0) is 4.74 Å². The lowest BCUT2D eigenvalue weighted by atomic mass is 10.1. The summed E-state index contributed by atoms with van der Waals surface area (Å²) in [4.78, 5) is 2.05. The molecular weight excluding hydrogens is 364 g/mol. The number of aliphatic hydroxyl groups is 1. The molecule has 2 aromatic rings. The van der Waals surface area contributed by atoms with E-state index in [1.54, 1.807) is 0 Å². The summed E-state index contributed by atoms with van der Waals surface area (Å²) < 4.78 is 38.2. The second-order valence-corrected chi connectivity index (χ2v) is 7.46. The van der Waals surface area contributed by atoms with Gasteiger partial charge in [-0.2, -0.15) is 0 Å². The van der Waals surface area contributed by atoms with E-state index in [1.807, 2.05) is 26.8 Å². The molecule has 152 valence electrons. The molecule has 28 heavy (non-hydrogen) atoms. The van der Waals surface area contributed by atoms with E-state index in [-0.39, 0.29) is 12.7 Å². The maximum atomic E-state index is 13.5. The summed E-state index contributed by atoms with van der Waals surface area (Å²) in [6.07, 6.45) is -1.01. The van der Waals surface area contributed by atoms with Gasteiger partial charge in [-0.3, -0.25) is 4.90 Å². The van der Waals surface area contributed by atoms with Crippen molar-refractivity contribution in [1.29, 1.82) is 0 Å². The third-order valence-corrected chi connectivity index (χ3v) is 5.13. The maximum absolute atomic E-state index is 13.5. The quantitative estimate of drug-likeness (QED) is 0.815. The Morgan fingerprint density at radius 1 is 1.18 bits per heavy atom. The molecule has 0 amide bonds. The van der Waals surface area contributed by atoms with E-state index in [9.17, 15) is 13.9 Å². The van der Waals surface area contributed by atoms with E-state index >= 15 is 0 Å². The Morgan fingerprint density at radius 2 is 1.96 bits per heavy atom. The minimum Gasteiger partial charge on any atom is -0.491 e. The standard InChI is InChI=1S/C22H27F2NO3/c1-14-8-15(2)16(3)21(9-14)28-13-18(26)11-25-6-7-27-22(12-25)17-4-5-19(23)20(24)10-17/h4-5,8-10,18,22,26H,6-7,11-13H2,1-3H3. The minimum atomic E-state index is -0.879. The van der Waals surface area contributed by atoms with Crippen molar-refractivity contribution in [1.82, 2.24) is 4.90 Å². The number of hydrogen-bond donors (Lipinski definition) is 1. The number of halogens is 2. The molecule has 1 saturated heterocycles. The van der Waals surface area contributed by atoms with Gasteiger partial charge in [0.25, 0.3) is 0 Å². The van der Waals surface area contributed by atoms with Gasteiger partial charge in [-0.25, -0.2) is 8.78 Å². The molecule has 1 N–H and O–H groups in total. The fraction of sp³-hybridized carbons (Fsp3) is 0.455. The Bertz CT molecular complexity index is 828. The number of rotatable bonds is 6. The van der Waals surface area contributed by atoms with Crippen LogP contribution in [0.2, 0.25) is 0 Å². The van der Waals surface area contributed by atoms with Gasteiger partial charge in [-0.05, 0) is 61.2 Å². The smallest absolute Gasteiger partial charge is 0.159 e. The van der Waals surface area contributed by atoms with Gasteiger partial charge in [0.1, 0.15) is 18.5 Å². The SMILES string of the molecule is Cc1cc(C)c(C)c(OCC(O)CN2CCOC(c3ccc(F)c(F)c3)C2)c1. The second kappa shape index (κ2) is 8.99. The maximum Gasteiger partial charge on any atom is 0.159 e. The van der Waals surface area contributed by atoms with Gasteiger partial charge in [-0.1, -0.05) is 12.1 Å². The van der Waals surface area contributed by atoms with E-state index in [1.165, 1.54) is 12.1 Å². The molecule has 1 heterocycles. The summed E-state index contributed by atoms with van der Waals surface area (Å²) in [7, 11) is 0. The molecule has 0 radical (unpaired) electrons. The van der Waals surface area contributed by atoms with Crippen LogP contribution in [0.3, 0.4) is 0 Å². The van der Waals surface area contributed by atoms with Crippen LogP contribution >= 0.6 is 0 Å². The zero-order valence-electron chi connectivity index (χ0n) is 16.5. The van der Waals surface area contributed by atoms with Crippen molar-refractivity contribution >= 4 is 0 Å². The number of morpholine rings is 1. The summed E-state index contributed by atoms with van der Waals surface area (Å²) >= 11 is 0. The number of aliphatic hydroxyl groups excluding tert-OH is 1. The Morgan fingerprint density at radius 3 is 2.71 bits per heavy atom. The highest BCUT2D eigenvalue weighted by Crippen LogP contribution is 2.25. The molecule has 2 atom stereocenters. The average Bonchev–Trinajstić information content (AvgIpc) is 2.66. The molecule has 2 unspecified atom stereocenters. The second-order valence-electron chi connectivity index (χ2n) is 7.46. The molecule has 0 bridgehead atoms. The number of β-amino-alcohol motifs (C(OH)–C–C–N with tert-alkyl or cyclic N) is 1. The third-order valence-electron chi connectivity index (χ3n) is 5.13. The number of nitrogens with zero attached hydrogens (tertiary/aromatic N) is 1. The molecular formula is C22H27F2NO3. The zero-order chi connectivity index (χ0) is 20.3. The Labute approximate surface area is 164 Å². The number of ether oxygens (including phenoxy) is 2. The number of aryl methyl sites for hydroxylation is 2. The van der Waals surface area contributed by atoms with Crippen molar-refractivity contribution in [3.8, 4) is 5.75 Å². The summed E-state index contributed by atoms with van der Waals surface area (Å²) in [5.41, 5.74) is 3.95. The highest BCUT2D eigenvalue weighted by Gasteiger charge is 2.24. The van der Waals surface area contributed by atoms with Crippen molar-refractivity contribution in [2.75, 3.05) is 32.8 Å². The van der Waals surface area contributed by atoms with Crippen LogP contribution in [0.5, 0.6) is 5.75 Å². The van der Waals surface area contributed by atoms with Crippen molar-refractivity contribution in [2.24, 2.45) is 0 Å². The van der Waals surface area contributed by atoms with Crippen LogP contribution in [-0.4, -0.2) is 49.0 Å². The molecule has 4 nitrogen and oxygen atoms in total. The van der Waals surface area contributed by atoms with E-state index in [0.717, 1.165) is 28.5 Å². The van der Waals surface area contributed by atoms with Gasteiger partial charge in [0.15, 0.2) is 11.6 Å². The van der Waals surface area contributed by atoms with E-state index in [4.69, 9.17) is 9.47 Å². The molecule has 3 rings (SSSR count). The molecule has 1 aliphatic rings. The van der Waals surface area contributed by atoms with E-state index in [2.05, 4.69) is 11.0 Å². The molecule has 2 aromatic carbocycles. The first-order chi connectivity index (χ1) is 13.3. The molecule has 0 spiro atoms. The summed E-state index contributed by atoms with van der Waals surface area (Å²) in [6, 6.07) is 7.90. The van der Waals surface area contributed by atoms with Crippen molar-refractivity contribution in [3.05, 3.63) is 64.2 Å². The van der Waals surface area contributed by atoms with Gasteiger partial charge >= 0.3 is 0 Å². The third kappa shape index (κ3) is 5.07. The number of benzene rings is 2. The molecule has 1 aliphatic heterocycles. The minimum absolute atomic E-state index is 0.191. The van der Waals surface area contributed by atoms with Crippen molar-refractivity contribution in [3.63, 3.8) is 0 Å². The van der Waals surface area contributed by atoms with E-state index in [0.29, 0.717) is 31.8 Å². The summed E-state index contributed by atoms with van der Waals surface area (Å²) in [5.74, 6) is -0.959. The van der Waals surface area contributed by atoms with Crippen LogP contribution in [0.15, 0.2) is 30.3 Å². The Hall–Kier alpha value is -2.02. The first-order valence-corrected chi connectivity index (χ1v) is 9.51. The molecule has 6 heteroatoms. The highest BCUT2D eigenvalue weighted by atomic mass is 19.2. The van der Waals surface area contributed by atoms with Crippen LogP contribution in [0.25, 0.3) is 0 Å². The van der Waals surface area contributed by atoms with Crippen LogP contribution in [0.1, 0.15) is 28.4 Å². The molecule has 1 fully saturated rings. The first kappa shape index (κ1) is 20.7. The summed E-state index contributed by atoms with van der Waals surface area (Å²) in [5, 5.41) is 10.4. The van der Waals surface area contributed by atoms with Crippen LogP contribution in [0, 0.1) is 32.4 Å². The Kier molecular flexibility index (Phi) is 6.65. The van der Waals surface area contributed by atoms with Gasteiger partial charge < -0.3 is 14.6 Å². The van der Waals surface area contributed by atoms with Crippen LogP contribution < -0.4 is 4.74 Å². The molecule has 0 saturated carbocycles. The van der Waals surface area contributed by atoms with Crippen molar-refractivity contribution < 1.29 is 23.4 Å². The molecule has 0 aromatic heterocycles. The fourth-order valence-electron chi connectivity index (χ4n) is 3.47. The first-order valence-electron chi connectivity index (χ1n) is 9.51. The lowest BCUT2D eigenvalue weighted by molar-refractivity contribution is -0.0461. The highest BCUT2D eigenvalue weighted by molar-refractivity contribution is 5.41. The van der Waals surface area contributed by atoms with Crippen molar-refractivity contribution in [2.45, 2.75) is 33.0 Å². The number of hydrogen-bond acceptors (Lipinski definition) is 4. The topological polar surface area (TPSA) is 41.9 Å². The van der Waals surface area contributed by atoms with Gasteiger partial charge in [0.05, 0.1) is 12.7 Å². The summed E-state index contributed by atoms with van der Waals surface area (Å²) in [6.45, 7) is 8.31. The Balaban J connectivity index is 1.55. The fourth-order valence-corrected chi connectivity index (χ4v) is 3.47. The van der Waals surface area contributed by atoms with Gasteiger partial charge in [-0.15, -0.1) is 0 Å². The predicted molar refractivity (Wildman–Crippen MR) is 104 cm³/mol. The monoisotopic (exact) mass is 391 g/mol. The van der Waals surface area contributed by atoms with E-state index < -0.39 is 17.7 Å². The van der Waals surface area contributed by atoms with Gasteiger partial charge in [0, 0.05) is 19.6 Å². The largest absolute Gasteiger partial charge is 0.491 e.